The minimum Gasteiger partial charge on any atom is -0.486 e. The summed E-state index contributed by atoms with van der Waals surface area (Å²) in [5.41, 5.74) is 1.35. The molecule has 12 heteroatoms. The van der Waals surface area contributed by atoms with Crippen LogP contribution in [-0.4, -0.2) is 37.4 Å². The van der Waals surface area contributed by atoms with Crippen LogP contribution in [0.3, 0.4) is 0 Å². The molecule has 0 amide bonds. The van der Waals surface area contributed by atoms with Gasteiger partial charge in [0.15, 0.2) is 22.3 Å². The van der Waals surface area contributed by atoms with Crippen LogP contribution in [0.1, 0.15) is 42.3 Å². The van der Waals surface area contributed by atoms with Crippen LogP contribution in [0.25, 0.3) is 11.4 Å². The van der Waals surface area contributed by atoms with E-state index in [0.717, 1.165) is 28.7 Å². The van der Waals surface area contributed by atoms with Crippen LogP contribution in [0.2, 0.25) is 10.3 Å². The number of unbranched alkanes of at least 4 members (excludes halogenated alkanes) is 1. The molecule has 0 saturated carbocycles. The molecule has 0 radical (unpaired) electrons. The van der Waals surface area contributed by atoms with E-state index in [0.29, 0.717) is 47.9 Å². The smallest absolute Gasteiger partial charge is 0.435 e. The zero-order valence-electron chi connectivity index (χ0n) is 22.7. The predicted molar refractivity (Wildman–Crippen MR) is 151 cm³/mol. The molecule has 2 aromatic heterocycles. The molecule has 5 rings (SSSR count). The Morgan fingerprint density at radius 3 is 2.41 bits per heavy atom. The number of hydrogen-bond donors (Lipinski definition) is 0. The maximum atomic E-state index is 14.0. The first-order valence-corrected chi connectivity index (χ1v) is 14.1. The molecule has 0 saturated heterocycles. The SMILES string of the molecule is CCCCn1c(-c2ccccc2)nc(Cl)c1CN(Cc1ccc2c(c1)OCCO2)Cc1c(C(F)(F)F)nn(C)c1Cl. The van der Waals surface area contributed by atoms with Gasteiger partial charge in [-0.15, -0.1) is 0 Å². The van der Waals surface area contributed by atoms with Crippen molar-refractivity contribution in [2.24, 2.45) is 7.05 Å². The van der Waals surface area contributed by atoms with Gasteiger partial charge in [-0.25, -0.2) is 4.98 Å². The van der Waals surface area contributed by atoms with Crippen molar-refractivity contribution in [2.45, 2.75) is 52.1 Å². The summed E-state index contributed by atoms with van der Waals surface area (Å²) in [6.07, 6.45) is -2.83. The van der Waals surface area contributed by atoms with E-state index in [2.05, 4.69) is 21.6 Å². The van der Waals surface area contributed by atoms with Gasteiger partial charge in [-0.05, 0) is 24.1 Å². The van der Waals surface area contributed by atoms with Crippen LogP contribution >= 0.6 is 23.2 Å². The molecule has 0 unspecified atom stereocenters. The number of hydrogen-bond acceptors (Lipinski definition) is 5. The highest BCUT2D eigenvalue weighted by Crippen LogP contribution is 2.37. The highest BCUT2D eigenvalue weighted by molar-refractivity contribution is 6.30. The van der Waals surface area contributed by atoms with E-state index >= 15 is 0 Å². The zero-order chi connectivity index (χ0) is 29.1. The van der Waals surface area contributed by atoms with Crippen LogP contribution in [-0.2, 0) is 39.4 Å². The third kappa shape index (κ3) is 6.50. The highest BCUT2D eigenvalue weighted by atomic mass is 35.5. The summed E-state index contributed by atoms with van der Waals surface area (Å²) < 4.78 is 56.4. The van der Waals surface area contributed by atoms with E-state index in [4.69, 9.17) is 32.7 Å². The Kier molecular flexibility index (Phi) is 8.82. The molecule has 3 heterocycles. The molecule has 0 spiro atoms. The molecule has 0 fully saturated rings. The number of benzene rings is 2. The molecule has 1 aliphatic heterocycles. The number of nitrogens with zero attached hydrogens (tertiary/aromatic N) is 5. The van der Waals surface area contributed by atoms with Crippen LogP contribution in [0.4, 0.5) is 13.2 Å². The fourth-order valence-corrected chi connectivity index (χ4v) is 5.36. The summed E-state index contributed by atoms with van der Waals surface area (Å²) in [5.74, 6) is 1.95. The number of fused-ring (bicyclic) bond motifs is 1. The lowest BCUT2D eigenvalue weighted by Crippen LogP contribution is -2.26. The van der Waals surface area contributed by atoms with E-state index in [9.17, 15) is 13.2 Å². The molecule has 0 aliphatic carbocycles. The Labute approximate surface area is 246 Å². The third-order valence-electron chi connectivity index (χ3n) is 6.90. The van der Waals surface area contributed by atoms with Gasteiger partial charge >= 0.3 is 6.18 Å². The van der Waals surface area contributed by atoms with Gasteiger partial charge in [-0.3, -0.25) is 9.58 Å². The molecule has 0 bridgehead atoms. The molecule has 4 aromatic rings. The summed E-state index contributed by atoms with van der Waals surface area (Å²) >= 11 is 13.1. The van der Waals surface area contributed by atoms with E-state index in [-0.39, 0.29) is 30.4 Å². The quantitative estimate of drug-likeness (QED) is 0.188. The third-order valence-corrected chi connectivity index (χ3v) is 7.67. The lowest BCUT2D eigenvalue weighted by Gasteiger charge is -2.25. The lowest BCUT2D eigenvalue weighted by molar-refractivity contribution is -0.142. The molecule has 0 N–H and O–H groups in total. The lowest BCUT2D eigenvalue weighted by atomic mass is 10.1. The topological polar surface area (TPSA) is 57.3 Å². The number of aromatic nitrogens is 4. The second kappa shape index (κ2) is 12.3. The van der Waals surface area contributed by atoms with Crippen LogP contribution in [0.5, 0.6) is 11.5 Å². The van der Waals surface area contributed by atoms with Gasteiger partial charge in [0.2, 0.25) is 0 Å². The second-order valence-corrected chi connectivity index (χ2v) is 10.6. The molecule has 7 nitrogen and oxygen atoms in total. The van der Waals surface area contributed by atoms with Gasteiger partial charge in [0, 0.05) is 44.4 Å². The number of rotatable bonds is 10. The molecule has 41 heavy (non-hydrogen) atoms. The van der Waals surface area contributed by atoms with Crippen molar-refractivity contribution in [3.05, 3.63) is 81.4 Å². The van der Waals surface area contributed by atoms with Crippen LogP contribution in [0, 0.1) is 0 Å². The minimum absolute atomic E-state index is 0.0694. The average Bonchev–Trinajstić information content (AvgIpc) is 3.42. The fraction of sp³-hybridized carbons (Fsp3) is 0.379. The van der Waals surface area contributed by atoms with Crippen molar-refractivity contribution >= 4 is 23.2 Å². The first-order valence-electron chi connectivity index (χ1n) is 13.4. The van der Waals surface area contributed by atoms with Gasteiger partial charge < -0.3 is 14.0 Å². The molecule has 2 aromatic carbocycles. The van der Waals surface area contributed by atoms with Gasteiger partial charge in [-0.1, -0.05) is 72.9 Å². The molecular weight excluding hydrogens is 578 g/mol. The maximum absolute atomic E-state index is 14.0. The van der Waals surface area contributed by atoms with Crippen molar-refractivity contribution in [3.63, 3.8) is 0 Å². The van der Waals surface area contributed by atoms with E-state index in [1.54, 1.807) is 0 Å². The van der Waals surface area contributed by atoms with E-state index in [1.807, 2.05) is 53.4 Å². The van der Waals surface area contributed by atoms with Crippen molar-refractivity contribution < 1.29 is 22.6 Å². The van der Waals surface area contributed by atoms with Crippen molar-refractivity contribution in [1.29, 1.82) is 0 Å². The molecular formula is C29H30Cl2F3N5O2. The standard InChI is InChI=1S/C29H30Cl2F3N5O2/c1-3-4-12-39-22(26(30)35-28(39)20-8-6-5-7-9-20)18-38(16-19-10-11-23-24(15-19)41-14-13-40-23)17-21-25(29(32,33)34)36-37(2)27(21)31/h5-11,15H,3-4,12-14,16-18H2,1-2H3. The zero-order valence-corrected chi connectivity index (χ0v) is 24.2. The Bertz CT molecular complexity index is 1500. The van der Waals surface area contributed by atoms with E-state index in [1.165, 1.54) is 7.05 Å². The van der Waals surface area contributed by atoms with Crippen LogP contribution in [0.15, 0.2) is 48.5 Å². The van der Waals surface area contributed by atoms with Gasteiger partial charge in [0.25, 0.3) is 0 Å². The van der Waals surface area contributed by atoms with Gasteiger partial charge in [0.05, 0.1) is 5.69 Å². The fourth-order valence-electron chi connectivity index (χ4n) is 4.93. The monoisotopic (exact) mass is 607 g/mol. The van der Waals surface area contributed by atoms with Crippen molar-refractivity contribution in [3.8, 4) is 22.9 Å². The maximum Gasteiger partial charge on any atom is 0.435 e. The summed E-state index contributed by atoms with van der Waals surface area (Å²) in [6, 6.07) is 15.2. The van der Waals surface area contributed by atoms with Gasteiger partial charge in [-0.2, -0.15) is 18.3 Å². The predicted octanol–water partition coefficient (Wildman–Crippen LogP) is 7.38. The summed E-state index contributed by atoms with van der Waals surface area (Å²) in [7, 11) is 1.40. The number of aryl methyl sites for hydroxylation is 1. The summed E-state index contributed by atoms with van der Waals surface area (Å²) in [4.78, 5) is 6.54. The van der Waals surface area contributed by atoms with Crippen LogP contribution < -0.4 is 9.47 Å². The normalized spacial score (nSPS) is 13.3. The summed E-state index contributed by atoms with van der Waals surface area (Å²) in [6.45, 7) is 4.03. The van der Waals surface area contributed by atoms with Crippen molar-refractivity contribution in [1.82, 2.24) is 24.2 Å². The molecule has 218 valence electrons. The highest BCUT2D eigenvalue weighted by Gasteiger charge is 2.39. The summed E-state index contributed by atoms with van der Waals surface area (Å²) in [5, 5.41) is 3.92. The Balaban J connectivity index is 1.55. The minimum atomic E-state index is -4.66. The second-order valence-electron chi connectivity index (χ2n) is 9.91. The van der Waals surface area contributed by atoms with Crippen molar-refractivity contribution in [2.75, 3.05) is 13.2 Å². The molecule has 0 atom stereocenters. The van der Waals surface area contributed by atoms with Gasteiger partial charge in [0.1, 0.15) is 24.2 Å². The number of ether oxygens (including phenoxy) is 2. The first kappa shape index (κ1) is 29.3. The average molecular weight is 608 g/mol. The number of imidazole rings is 1. The largest absolute Gasteiger partial charge is 0.486 e. The Morgan fingerprint density at radius 1 is 0.976 bits per heavy atom. The number of halogens is 5. The Morgan fingerprint density at radius 2 is 1.71 bits per heavy atom. The molecule has 1 aliphatic rings. The van der Waals surface area contributed by atoms with E-state index < -0.39 is 11.9 Å². The number of alkyl halides is 3. The Hall–Kier alpha value is -3.21. The first-order chi connectivity index (χ1) is 19.7.